The quantitative estimate of drug-likeness (QED) is 0.0202. The van der Waals surface area contributed by atoms with E-state index in [0.29, 0.717) is 24.1 Å². The van der Waals surface area contributed by atoms with Crippen molar-refractivity contribution in [3.8, 4) is 0 Å². The van der Waals surface area contributed by atoms with Crippen LogP contribution in [0.25, 0.3) is 0 Å². The van der Waals surface area contributed by atoms with Crippen molar-refractivity contribution in [2.75, 3.05) is 54.1 Å². The topological polar surface area (TPSA) is 94.1 Å². The van der Waals surface area contributed by atoms with Gasteiger partial charge in [0.15, 0.2) is 0 Å². The molecule has 0 aromatic carbocycles. The predicted octanol–water partition coefficient (Wildman–Crippen LogP) is 11.8. The number of allylic oxidation sites excluding steroid dienone is 4. The first kappa shape index (κ1) is 51.0. The number of nitrogens with zero attached hydrogens (tertiary/aromatic N) is 1. The monoisotopic (exact) mass is 758 g/mol. The van der Waals surface area contributed by atoms with Crippen molar-refractivity contribution in [2.45, 2.75) is 193 Å². The maximum absolute atomic E-state index is 12.7. The van der Waals surface area contributed by atoms with Crippen molar-refractivity contribution >= 4 is 13.8 Å². The van der Waals surface area contributed by atoms with E-state index in [9.17, 15) is 14.3 Å². The van der Waals surface area contributed by atoms with E-state index in [2.05, 4.69) is 38.2 Å². The van der Waals surface area contributed by atoms with Crippen LogP contribution in [0.15, 0.2) is 24.3 Å². The Hall–Kier alpha value is -1.02. The summed E-state index contributed by atoms with van der Waals surface area (Å²) >= 11 is 0. The molecular formula is C43H84NO7P. The molecule has 8 nitrogen and oxygen atoms in total. The molecule has 2 atom stereocenters. The number of quaternary nitrogens is 1. The smallest absolute Gasteiger partial charge is 0.306 e. The average molecular weight is 758 g/mol. The maximum Gasteiger partial charge on any atom is 0.306 e. The molecule has 0 rings (SSSR count). The second-order valence-corrected chi connectivity index (χ2v) is 17.1. The second-order valence-electron chi connectivity index (χ2n) is 15.7. The van der Waals surface area contributed by atoms with E-state index in [0.717, 1.165) is 51.4 Å². The first-order chi connectivity index (χ1) is 25.1. The maximum atomic E-state index is 12.7. The number of unbranched alkanes of at least 4 members (excludes halogenated alkanes) is 22. The Morgan fingerprint density at radius 2 is 1.08 bits per heavy atom. The Balaban J connectivity index is 4.24. The van der Waals surface area contributed by atoms with E-state index in [-0.39, 0.29) is 25.8 Å². The van der Waals surface area contributed by atoms with E-state index in [1.165, 1.54) is 116 Å². The molecule has 0 saturated heterocycles. The van der Waals surface area contributed by atoms with Gasteiger partial charge in [-0.25, -0.2) is 0 Å². The normalized spacial score (nSPS) is 14.0. The van der Waals surface area contributed by atoms with Gasteiger partial charge in [-0.15, -0.1) is 0 Å². The lowest BCUT2D eigenvalue weighted by Gasteiger charge is -2.28. The van der Waals surface area contributed by atoms with E-state index >= 15 is 0 Å². The van der Waals surface area contributed by atoms with Gasteiger partial charge in [-0.1, -0.05) is 167 Å². The number of carbonyl (C=O) groups excluding carboxylic acids is 1. The molecule has 2 unspecified atom stereocenters. The highest BCUT2D eigenvalue weighted by Gasteiger charge is 2.20. The van der Waals surface area contributed by atoms with Crippen molar-refractivity contribution in [1.29, 1.82) is 0 Å². The predicted molar refractivity (Wildman–Crippen MR) is 217 cm³/mol. The van der Waals surface area contributed by atoms with Gasteiger partial charge in [-0.2, -0.15) is 0 Å². The molecule has 0 aromatic heterocycles. The van der Waals surface area contributed by atoms with Crippen LogP contribution in [0.3, 0.4) is 0 Å². The zero-order valence-corrected chi connectivity index (χ0v) is 35.7. The Morgan fingerprint density at radius 1 is 0.596 bits per heavy atom. The molecule has 0 aliphatic heterocycles. The molecule has 0 radical (unpaired) electrons. The van der Waals surface area contributed by atoms with Crippen LogP contribution in [0.5, 0.6) is 0 Å². The van der Waals surface area contributed by atoms with Crippen LogP contribution in [0, 0.1) is 0 Å². The largest absolute Gasteiger partial charge is 0.756 e. The minimum Gasteiger partial charge on any atom is -0.756 e. The minimum absolute atomic E-state index is 0.0257. The van der Waals surface area contributed by atoms with Gasteiger partial charge >= 0.3 is 5.97 Å². The summed E-state index contributed by atoms with van der Waals surface area (Å²) in [4.78, 5) is 25.0. The number of hydrogen-bond acceptors (Lipinski definition) is 7. The van der Waals surface area contributed by atoms with Gasteiger partial charge in [0.2, 0.25) is 0 Å². The highest BCUT2D eigenvalue weighted by molar-refractivity contribution is 7.45. The van der Waals surface area contributed by atoms with E-state index in [1.807, 2.05) is 21.1 Å². The average Bonchev–Trinajstić information content (AvgIpc) is 3.09. The molecule has 9 heteroatoms. The SMILES string of the molecule is CCCC/C=C\C/C=C\CCCCCCCCOCC(COP(=O)([O-])OCC[N+](C)(C)C)OC(=O)CCCCCCCCCCCCCCCCC. The van der Waals surface area contributed by atoms with E-state index in [1.54, 1.807) is 0 Å². The van der Waals surface area contributed by atoms with Crippen LogP contribution < -0.4 is 4.89 Å². The fourth-order valence-electron chi connectivity index (χ4n) is 5.86. The molecule has 0 aliphatic rings. The summed E-state index contributed by atoms with van der Waals surface area (Å²) in [5.41, 5.74) is 0. The number of carbonyl (C=O) groups is 1. The molecule has 52 heavy (non-hydrogen) atoms. The Bertz CT molecular complexity index is 889. The molecule has 0 bridgehead atoms. The van der Waals surface area contributed by atoms with Gasteiger partial charge in [-0.3, -0.25) is 9.36 Å². The van der Waals surface area contributed by atoms with Gasteiger partial charge in [-0.05, 0) is 38.5 Å². The Morgan fingerprint density at radius 3 is 1.62 bits per heavy atom. The van der Waals surface area contributed by atoms with Gasteiger partial charge in [0.1, 0.15) is 19.3 Å². The summed E-state index contributed by atoms with van der Waals surface area (Å²) in [5.74, 6) is -0.336. The third-order valence-electron chi connectivity index (χ3n) is 9.26. The molecule has 0 aliphatic carbocycles. The lowest BCUT2D eigenvalue weighted by molar-refractivity contribution is -0.870. The Labute approximate surface area is 322 Å². The summed E-state index contributed by atoms with van der Waals surface area (Å²) in [6.45, 7) is 5.37. The van der Waals surface area contributed by atoms with Crippen LogP contribution in [0.4, 0.5) is 0 Å². The van der Waals surface area contributed by atoms with Crippen LogP contribution in [-0.2, 0) is 27.9 Å². The molecule has 0 heterocycles. The van der Waals surface area contributed by atoms with Crippen molar-refractivity contribution in [3.63, 3.8) is 0 Å². The third-order valence-corrected chi connectivity index (χ3v) is 10.2. The van der Waals surface area contributed by atoms with Crippen LogP contribution >= 0.6 is 7.82 Å². The van der Waals surface area contributed by atoms with Gasteiger partial charge in [0.05, 0.1) is 34.4 Å². The van der Waals surface area contributed by atoms with Crippen molar-refractivity contribution in [1.82, 2.24) is 0 Å². The van der Waals surface area contributed by atoms with Crippen LogP contribution in [0.1, 0.15) is 187 Å². The summed E-state index contributed by atoms with van der Waals surface area (Å²) in [6, 6.07) is 0. The lowest BCUT2D eigenvalue weighted by atomic mass is 10.0. The fourth-order valence-corrected chi connectivity index (χ4v) is 6.59. The number of likely N-dealkylation sites (N-methyl/N-ethyl adjacent to an activating group) is 1. The number of esters is 1. The number of phosphoric ester groups is 1. The van der Waals surface area contributed by atoms with Crippen molar-refractivity contribution in [2.24, 2.45) is 0 Å². The summed E-state index contributed by atoms with van der Waals surface area (Å²) < 4.78 is 34.6. The standard InChI is InChI=1S/C43H84NO7P/c1-6-8-10-12-14-16-18-20-22-24-26-28-30-32-34-36-43(45)51-42(41-50-52(46,47)49-39-37-44(3,4)5)40-48-38-35-33-31-29-27-25-23-21-19-17-15-13-11-9-7-2/h13,15,19,21,42H,6-12,14,16-18,20,22-41H2,1-5H3/b15-13-,21-19-. The molecule has 0 saturated carbocycles. The van der Waals surface area contributed by atoms with Crippen molar-refractivity contribution in [3.05, 3.63) is 24.3 Å². The fraction of sp³-hybridized carbons (Fsp3) is 0.884. The second kappa shape index (κ2) is 36.9. The van der Waals surface area contributed by atoms with Gasteiger partial charge in [0.25, 0.3) is 7.82 Å². The zero-order valence-electron chi connectivity index (χ0n) is 34.8. The highest BCUT2D eigenvalue weighted by Crippen LogP contribution is 2.38. The zero-order chi connectivity index (χ0) is 38.4. The number of ether oxygens (including phenoxy) is 2. The Kier molecular flexibility index (Phi) is 36.2. The minimum atomic E-state index is -4.52. The summed E-state index contributed by atoms with van der Waals surface area (Å²) in [7, 11) is 1.35. The molecule has 0 fully saturated rings. The molecule has 0 amide bonds. The van der Waals surface area contributed by atoms with E-state index < -0.39 is 13.9 Å². The molecule has 0 spiro atoms. The van der Waals surface area contributed by atoms with Gasteiger partial charge < -0.3 is 27.9 Å². The highest BCUT2D eigenvalue weighted by atomic mass is 31.2. The summed E-state index contributed by atoms with van der Waals surface area (Å²) in [5, 5.41) is 0. The first-order valence-corrected chi connectivity index (χ1v) is 23.0. The number of hydrogen-bond donors (Lipinski definition) is 0. The summed E-state index contributed by atoms with van der Waals surface area (Å²) in [6.07, 6.45) is 40.4. The lowest BCUT2D eigenvalue weighted by Crippen LogP contribution is -2.37. The van der Waals surface area contributed by atoms with Crippen LogP contribution in [-0.4, -0.2) is 70.7 Å². The van der Waals surface area contributed by atoms with Crippen molar-refractivity contribution < 1.29 is 37.3 Å². The third kappa shape index (κ3) is 40.2. The first-order valence-electron chi connectivity index (χ1n) is 21.6. The number of phosphoric acid groups is 1. The van der Waals surface area contributed by atoms with Gasteiger partial charge in [0, 0.05) is 13.0 Å². The number of rotatable bonds is 40. The molecule has 0 aromatic rings. The van der Waals surface area contributed by atoms with Crippen LogP contribution in [0.2, 0.25) is 0 Å². The molecule has 0 N–H and O–H groups in total. The molecular weight excluding hydrogens is 673 g/mol. The van der Waals surface area contributed by atoms with E-state index in [4.69, 9.17) is 18.5 Å². The molecule has 308 valence electrons.